The number of Topliss-reactive ketones (excluding diaryl/α,β-unsaturated/α-hetero) is 1. The first-order valence-corrected chi connectivity index (χ1v) is 10.1. The zero-order valence-electron chi connectivity index (χ0n) is 18.2. The summed E-state index contributed by atoms with van der Waals surface area (Å²) in [7, 11) is 1.02. The van der Waals surface area contributed by atoms with Gasteiger partial charge in [-0.2, -0.15) is 0 Å². The van der Waals surface area contributed by atoms with Crippen molar-refractivity contribution in [1.82, 2.24) is 0 Å². The maximum absolute atomic E-state index is 15.0. The van der Waals surface area contributed by atoms with E-state index in [4.69, 9.17) is 14.2 Å². The zero-order valence-corrected chi connectivity index (χ0v) is 18.2. The molecule has 1 aromatic carbocycles. The van der Waals surface area contributed by atoms with Crippen molar-refractivity contribution in [3.63, 3.8) is 0 Å². The fraction of sp³-hybridized carbons (Fsp3) is 0.524. The van der Waals surface area contributed by atoms with Gasteiger partial charge in [0.05, 0.1) is 43.0 Å². The summed E-state index contributed by atoms with van der Waals surface area (Å²) >= 11 is 0. The van der Waals surface area contributed by atoms with E-state index < -0.39 is 88.0 Å². The fourth-order valence-corrected chi connectivity index (χ4v) is 4.67. The molecular weight excluding hydrogens is 454 g/mol. The van der Waals surface area contributed by atoms with E-state index in [1.807, 2.05) is 0 Å². The summed E-state index contributed by atoms with van der Waals surface area (Å²) in [6.07, 6.45) is -0.453. The number of hydrogen-bond donors (Lipinski definition) is 0. The second-order valence-electron chi connectivity index (χ2n) is 7.81. The Balaban J connectivity index is 2.41. The van der Waals surface area contributed by atoms with Gasteiger partial charge < -0.3 is 19.1 Å². The van der Waals surface area contributed by atoms with Gasteiger partial charge >= 0.3 is 17.9 Å². The number of rotatable bonds is 5. The van der Waals surface area contributed by atoms with Crippen LogP contribution in [-0.2, 0) is 28.6 Å². The maximum Gasteiger partial charge on any atom is 0.328 e. The van der Waals surface area contributed by atoms with E-state index in [0.29, 0.717) is 0 Å². The van der Waals surface area contributed by atoms with Crippen molar-refractivity contribution in [2.75, 3.05) is 25.2 Å². The molecule has 0 bridgehead atoms. The van der Waals surface area contributed by atoms with Crippen molar-refractivity contribution in [1.29, 1.82) is 0 Å². The molecule has 2 aliphatic heterocycles. The van der Waals surface area contributed by atoms with E-state index in [1.165, 1.54) is 20.8 Å². The molecule has 12 heteroatoms. The highest BCUT2D eigenvalue weighted by Gasteiger charge is 2.66. The molecule has 1 saturated heterocycles. The highest BCUT2D eigenvalue weighted by Crippen LogP contribution is 2.53. The summed E-state index contributed by atoms with van der Waals surface area (Å²) in [5.74, 6) is -15.1. The van der Waals surface area contributed by atoms with Crippen LogP contribution in [0.25, 0.3) is 0 Å². The first-order chi connectivity index (χ1) is 15.5. The van der Waals surface area contributed by atoms with E-state index in [2.05, 4.69) is 0 Å². The largest absolute Gasteiger partial charge is 0.469 e. The zero-order chi connectivity index (χ0) is 24.8. The standard InChI is InChI=1S/C21H21F4NO7/c1-5-32-18(28)8-7-21(3,20(30)31-4)17-10(19(29)33-6-2)16(27)9-11(22)12(23)13(24)14(25)15(9)26(8)17/h8,10,17H,5-7H2,1-4H3/t8-,10-,17+,21+/m1/s1. The third kappa shape index (κ3) is 3.42. The third-order valence-corrected chi connectivity index (χ3v) is 6.00. The molecule has 2 aliphatic rings. The summed E-state index contributed by atoms with van der Waals surface area (Å²) in [4.78, 5) is 52.3. The topological polar surface area (TPSA) is 99.2 Å². The first kappa shape index (κ1) is 24.5. The Hall–Kier alpha value is -3.18. The molecule has 3 rings (SSSR count). The van der Waals surface area contributed by atoms with Gasteiger partial charge in [-0.1, -0.05) is 0 Å². The van der Waals surface area contributed by atoms with Crippen molar-refractivity contribution in [3.8, 4) is 0 Å². The number of fused-ring (bicyclic) bond motifs is 3. The Morgan fingerprint density at radius 3 is 2.06 bits per heavy atom. The summed E-state index contributed by atoms with van der Waals surface area (Å²) in [5.41, 5.74) is -4.15. The van der Waals surface area contributed by atoms with Gasteiger partial charge in [0.1, 0.15) is 12.0 Å². The first-order valence-electron chi connectivity index (χ1n) is 10.1. The van der Waals surface area contributed by atoms with Crippen molar-refractivity contribution >= 4 is 29.4 Å². The second-order valence-corrected chi connectivity index (χ2v) is 7.81. The quantitative estimate of drug-likeness (QED) is 0.160. The highest BCUT2D eigenvalue weighted by atomic mass is 19.2. The minimum atomic E-state index is -2.26. The van der Waals surface area contributed by atoms with Gasteiger partial charge in [-0.15, -0.1) is 0 Å². The van der Waals surface area contributed by atoms with Crippen LogP contribution in [0.4, 0.5) is 23.2 Å². The monoisotopic (exact) mass is 475 g/mol. The van der Waals surface area contributed by atoms with Crippen LogP contribution in [0.1, 0.15) is 37.6 Å². The van der Waals surface area contributed by atoms with Crippen LogP contribution in [0.5, 0.6) is 0 Å². The smallest absolute Gasteiger partial charge is 0.328 e. The lowest BCUT2D eigenvalue weighted by Crippen LogP contribution is -2.58. The SMILES string of the molecule is CCOC(=O)[C@@H]1C(=O)c2c(F)c(F)c(F)c(F)c2N2[C@@H](C(=O)OCC)C[C@](C)(C(=O)OC)[C@H]12. The van der Waals surface area contributed by atoms with E-state index >= 15 is 4.39 Å². The van der Waals surface area contributed by atoms with Crippen LogP contribution >= 0.6 is 0 Å². The number of hydrogen-bond acceptors (Lipinski definition) is 8. The Kier molecular flexibility index (Phi) is 6.40. The molecule has 4 atom stereocenters. The minimum Gasteiger partial charge on any atom is -0.469 e. The summed E-state index contributed by atoms with van der Waals surface area (Å²) in [6, 6.07) is -3.20. The molecule has 0 aromatic heterocycles. The molecule has 180 valence electrons. The van der Waals surface area contributed by atoms with Crippen molar-refractivity contribution in [2.24, 2.45) is 11.3 Å². The van der Waals surface area contributed by atoms with Crippen LogP contribution in [0.2, 0.25) is 0 Å². The molecule has 0 aliphatic carbocycles. The normalized spacial score (nSPS) is 25.9. The van der Waals surface area contributed by atoms with Gasteiger partial charge in [0, 0.05) is 0 Å². The number of methoxy groups -OCH3 is 1. The number of anilines is 1. The minimum absolute atomic E-state index is 0.134. The van der Waals surface area contributed by atoms with Crippen LogP contribution in [0.3, 0.4) is 0 Å². The third-order valence-electron chi connectivity index (χ3n) is 6.00. The summed E-state index contributed by atoms with van der Waals surface area (Å²) < 4.78 is 72.7. The van der Waals surface area contributed by atoms with Gasteiger partial charge in [-0.05, 0) is 27.2 Å². The molecule has 8 nitrogen and oxygen atoms in total. The van der Waals surface area contributed by atoms with Gasteiger partial charge in [0.15, 0.2) is 29.1 Å². The molecule has 0 radical (unpaired) electrons. The number of nitrogens with zero attached hydrogens (tertiary/aromatic N) is 1. The highest BCUT2D eigenvalue weighted by molar-refractivity contribution is 6.16. The average Bonchev–Trinajstić information content (AvgIpc) is 3.09. The van der Waals surface area contributed by atoms with Crippen LogP contribution in [0.15, 0.2) is 0 Å². The van der Waals surface area contributed by atoms with E-state index in [9.17, 15) is 32.3 Å². The molecule has 0 spiro atoms. The number of halogens is 4. The molecular formula is C21H21F4NO7. The van der Waals surface area contributed by atoms with E-state index in [-0.39, 0.29) is 13.2 Å². The lowest BCUT2D eigenvalue weighted by atomic mass is 9.71. The lowest BCUT2D eigenvalue weighted by molar-refractivity contribution is -0.155. The Morgan fingerprint density at radius 1 is 0.970 bits per heavy atom. The number of benzene rings is 1. The number of ether oxygens (including phenoxy) is 3. The molecule has 0 amide bonds. The van der Waals surface area contributed by atoms with E-state index in [0.717, 1.165) is 12.0 Å². The van der Waals surface area contributed by atoms with Gasteiger partial charge in [0.2, 0.25) is 0 Å². The van der Waals surface area contributed by atoms with Crippen LogP contribution in [0, 0.1) is 34.6 Å². The van der Waals surface area contributed by atoms with Crippen molar-refractivity contribution in [2.45, 2.75) is 39.3 Å². The number of esters is 3. The average molecular weight is 475 g/mol. The second kappa shape index (κ2) is 8.64. The molecule has 1 fully saturated rings. The lowest BCUT2D eigenvalue weighted by Gasteiger charge is -2.43. The predicted molar refractivity (Wildman–Crippen MR) is 102 cm³/mol. The maximum atomic E-state index is 15.0. The van der Waals surface area contributed by atoms with E-state index in [1.54, 1.807) is 0 Å². The van der Waals surface area contributed by atoms with Crippen LogP contribution in [-0.4, -0.2) is 56.1 Å². The fourth-order valence-electron chi connectivity index (χ4n) is 4.67. The molecule has 0 saturated carbocycles. The Morgan fingerprint density at radius 2 is 1.52 bits per heavy atom. The Bertz CT molecular complexity index is 1050. The van der Waals surface area contributed by atoms with Gasteiger partial charge in [0.25, 0.3) is 0 Å². The van der Waals surface area contributed by atoms with Gasteiger partial charge in [-0.25, -0.2) is 22.4 Å². The van der Waals surface area contributed by atoms with Crippen LogP contribution < -0.4 is 4.90 Å². The Labute approximate surface area is 185 Å². The number of carbonyl (C=O) groups excluding carboxylic acids is 4. The molecule has 0 N–H and O–H groups in total. The van der Waals surface area contributed by atoms with Crippen molar-refractivity contribution < 1.29 is 51.0 Å². The number of carbonyl (C=O) groups is 4. The van der Waals surface area contributed by atoms with Crippen molar-refractivity contribution in [3.05, 3.63) is 28.8 Å². The predicted octanol–water partition coefficient (Wildman–Crippen LogP) is 2.31. The number of ketones is 1. The molecule has 0 unspecified atom stereocenters. The summed E-state index contributed by atoms with van der Waals surface area (Å²) in [6.45, 7) is 3.79. The molecule has 2 heterocycles. The molecule has 1 aromatic rings. The summed E-state index contributed by atoms with van der Waals surface area (Å²) in [5, 5.41) is 0. The molecule has 33 heavy (non-hydrogen) atoms. The van der Waals surface area contributed by atoms with Gasteiger partial charge in [-0.3, -0.25) is 14.4 Å².